The zero-order valence-corrected chi connectivity index (χ0v) is 24.9. The van der Waals surface area contributed by atoms with E-state index in [1.807, 2.05) is 23.1 Å². The minimum absolute atomic E-state index is 0.00298. The second kappa shape index (κ2) is 13.0. The fourth-order valence-electron chi connectivity index (χ4n) is 7.06. The third-order valence-corrected chi connectivity index (χ3v) is 9.68. The lowest BCUT2D eigenvalue weighted by atomic mass is 9.79. The number of hydrogen-bond acceptors (Lipinski definition) is 4. The Morgan fingerprint density at radius 3 is 2.14 bits per heavy atom. The van der Waals surface area contributed by atoms with E-state index < -0.39 is 0 Å². The minimum atomic E-state index is -0.388. The maximum Gasteiger partial charge on any atom is 0.254 e. The molecule has 1 saturated carbocycles. The van der Waals surface area contributed by atoms with Crippen molar-refractivity contribution in [3.63, 3.8) is 0 Å². The normalized spacial score (nSPS) is 25.0. The van der Waals surface area contributed by atoms with Crippen LogP contribution in [0.4, 0.5) is 10.1 Å². The fraction of sp³-hybridized carbons (Fsp3) is 0.576. The van der Waals surface area contributed by atoms with Gasteiger partial charge in [0, 0.05) is 49.4 Å². The molecule has 2 aromatic carbocycles. The molecule has 0 radical (unpaired) electrons. The first kappa shape index (κ1) is 28.9. The SMILES string of the molecule is CC1CCC(c2cc(C(=O)N3CCN(C(=O)c4cc(F)cc(N5CC[NH2+]CC5)c4)CC3)ccc2O[C@H]2CC[NH2+]C2)CC1. The lowest BCUT2D eigenvalue weighted by Gasteiger charge is -2.35. The Bertz CT molecular complexity index is 1260. The Morgan fingerprint density at radius 1 is 0.786 bits per heavy atom. The molecular formula is C33H46FN5O3+2. The first-order valence-electron chi connectivity index (χ1n) is 16.0. The van der Waals surface area contributed by atoms with Gasteiger partial charge in [-0.25, -0.2) is 4.39 Å². The summed E-state index contributed by atoms with van der Waals surface area (Å²) in [5.41, 5.74) is 3.02. The molecule has 3 saturated heterocycles. The molecule has 0 unspecified atom stereocenters. The van der Waals surface area contributed by atoms with Crippen molar-refractivity contribution in [3.05, 3.63) is 58.9 Å². The van der Waals surface area contributed by atoms with Gasteiger partial charge in [0.05, 0.1) is 32.7 Å². The zero-order valence-electron chi connectivity index (χ0n) is 24.9. The van der Waals surface area contributed by atoms with Crippen molar-refractivity contribution in [1.29, 1.82) is 0 Å². The second-order valence-electron chi connectivity index (χ2n) is 12.7. The van der Waals surface area contributed by atoms with Crippen LogP contribution in [-0.4, -0.2) is 93.2 Å². The first-order valence-corrected chi connectivity index (χ1v) is 16.0. The number of piperazine rings is 2. The number of carbonyl (C=O) groups excluding carboxylic acids is 2. The number of carbonyl (C=O) groups is 2. The summed E-state index contributed by atoms with van der Waals surface area (Å²) in [5, 5.41) is 4.55. The summed E-state index contributed by atoms with van der Waals surface area (Å²) in [7, 11) is 0. The predicted octanol–water partition coefficient (Wildman–Crippen LogP) is 1.82. The van der Waals surface area contributed by atoms with Crippen molar-refractivity contribution in [3.8, 4) is 5.75 Å². The van der Waals surface area contributed by atoms with Gasteiger partial charge in [-0.05, 0) is 66.6 Å². The quantitative estimate of drug-likeness (QED) is 0.547. The Balaban J connectivity index is 1.12. The summed E-state index contributed by atoms with van der Waals surface area (Å²) in [6.45, 7) is 9.80. The summed E-state index contributed by atoms with van der Waals surface area (Å²) < 4.78 is 21.0. The molecule has 42 heavy (non-hydrogen) atoms. The highest BCUT2D eigenvalue weighted by atomic mass is 19.1. The molecule has 4 N–H and O–H groups in total. The Labute approximate surface area is 248 Å². The number of hydrogen-bond donors (Lipinski definition) is 2. The number of halogens is 1. The van der Waals surface area contributed by atoms with E-state index in [2.05, 4.69) is 28.5 Å². The number of nitrogens with two attached hydrogens (primary N) is 2. The summed E-state index contributed by atoms with van der Waals surface area (Å²) >= 11 is 0. The van der Waals surface area contributed by atoms with Crippen LogP contribution in [0.5, 0.6) is 5.75 Å². The van der Waals surface area contributed by atoms with Crippen molar-refractivity contribution in [2.45, 2.75) is 51.0 Å². The summed E-state index contributed by atoms with van der Waals surface area (Å²) in [6.07, 6.45) is 5.96. The van der Waals surface area contributed by atoms with E-state index in [0.717, 1.165) is 75.9 Å². The van der Waals surface area contributed by atoms with Gasteiger partial charge in [0.2, 0.25) is 0 Å². The van der Waals surface area contributed by atoms with Crippen molar-refractivity contribution >= 4 is 17.5 Å². The summed E-state index contributed by atoms with van der Waals surface area (Å²) in [5.74, 6) is 1.55. The molecule has 1 aliphatic carbocycles. The number of amides is 2. The van der Waals surface area contributed by atoms with E-state index in [-0.39, 0.29) is 23.7 Å². The molecule has 0 spiro atoms. The van der Waals surface area contributed by atoms with Crippen molar-refractivity contribution in [2.24, 2.45) is 5.92 Å². The van der Waals surface area contributed by atoms with Crippen molar-refractivity contribution < 1.29 is 29.3 Å². The van der Waals surface area contributed by atoms with Crippen LogP contribution in [0.2, 0.25) is 0 Å². The molecule has 2 aromatic rings. The maximum absolute atomic E-state index is 14.5. The second-order valence-corrected chi connectivity index (χ2v) is 12.7. The maximum atomic E-state index is 14.5. The molecule has 9 heteroatoms. The van der Waals surface area contributed by atoms with Gasteiger partial charge in [-0.1, -0.05) is 19.8 Å². The van der Waals surface area contributed by atoms with Crippen LogP contribution in [0, 0.1) is 11.7 Å². The molecule has 6 rings (SSSR count). The third kappa shape index (κ3) is 6.57. The molecule has 226 valence electrons. The summed E-state index contributed by atoms with van der Waals surface area (Å²) in [4.78, 5) is 32.8. The molecule has 4 aliphatic rings. The van der Waals surface area contributed by atoms with Gasteiger partial charge in [0.25, 0.3) is 11.8 Å². The molecule has 3 heterocycles. The van der Waals surface area contributed by atoms with Gasteiger partial charge < -0.3 is 30.1 Å². The Morgan fingerprint density at radius 2 is 1.48 bits per heavy atom. The standard InChI is InChI=1S/C33H44FN5O3/c1-23-2-4-24(5-3-23)30-20-25(6-7-31(30)42-29-8-9-36-22-29)32(40)38-14-16-39(17-15-38)33(41)26-18-27(34)21-28(19-26)37-12-10-35-11-13-37/h6-7,18-21,23-24,29,35-36H,2-5,8-17,22H2,1H3/p+2/t23?,24?,29-/m0/s1. The summed E-state index contributed by atoms with van der Waals surface area (Å²) in [6, 6.07) is 10.7. The number of rotatable bonds is 6. The topological polar surface area (TPSA) is 86.3 Å². The highest BCUT2D eigenvalue weighted by molar-refractivity contribution is 5.96. The van der Waals surface area contributed by atoms with E-state index >= 15 is 0 Å². The van der Waals surface area contributed by atoms with Crippen LogP contribution < -0.4 is 20.3 Å². The monoisotopic (exact) mass is 579 g/mol. The number of nitrogens with zero attached hydrogens (tertiary/aromatic N) is 3. The van der Waals surface area contributed by atoms with Crippen molar-refractivity contribution in [2.75, 3.05) is 70.3 Å². The van der Waals surface area contributed by atoms with E-state index in [1.54, 1.807) is 4.90 Å². The molecule has 4 fully saturated rings. The smallest absolute Gasteiger partial charge is 0.254 e. The number of benzene rings is 2. The number of anilines is 1. The van der Waals surface area contributed by atoms with Crippen LogP contribution in [0.1, 0.15) is 71.2 Å². The van der Waals surface area contributed by atoms with Crippen LogP contribution in [0.25, 0.3) is 0 Å². The fourth-order valence-corrected chi connectivity index (χ4v) is 7.06. The predicted molar refractivity (Wildman–Crippen MR) is 160 cm³/mol. The first-order chi connectivity index (χ1) is 20.4. The number of ether oxygens (including phenoxy) is 1. The van der Waals surface area contributed by atoms with E-state index in [0.29, 0.717) is 43.2 Å². The minimum Gasteiger partial charge on any atom is -0.484 e. The molecule has 3 aliphatic heterocycles. The van der Waals surface area contributed by atoms with Crippen LogP contribution in [-0.2, 0) is 0 Å². The van der Waals surface area contributed by atoms with Crippen LogP contribution in [0.15, 0.2) is 36.4 Å². The molecule has 8 nitrogen and oxygen atoms in total. The molecule has 0 bridgehead atoms. The van der Waals surface area contributed by atoms with E-state index in [9.17, 15) is 14.0 Å². The third-order valence-electron chi connectivity index (χ3n) is 9.68. The Hall–Kier alpha value is -3.17. The van der Waals surface area contributed by atoms with Crippen molar-refractivity contribution in [1.82, 2.24) is 9.80 Å². The van der Waals surface area contributed by atoms with Gasteiger partial charge in [-0.3, -0.25) is 9.59 Å². The highest BCUT2D eigenvalue weighted by Crippen LogP contribution is 2.40. The van der Waals surface area contributed by atoms with Gasteiger partial charge in [0.1, 0.15) is 18.1 Å². The lowest BCUT2D eigenvalue weighted by Crippen LogP contribution is -2.89. The van der Waals surface area contributed by atoms with Crippen LogP contribution >= 0.6 is 0 Å². The average Bonchev–Trinajstić information content (AvgIpc) is 3.54. The van der Waals surface area contributed by atoms with Crippen LogP contribution in [0.3, 0.4) is 0 Å². The Kier molecular flexibility index (Phi) is 8.95. The molecular weight excluding hydrogens is 533 g/mol. The highest BCUT2D eigenvalue weighted by Gasteiger charge is 2.30. The van der Waals surface area contributed by atoms with Gasteiger partial charge >= 0.3 is 0 Å². The molecule has 0 aromatic heterocycles. The molecule has 2 amide bonds. The zero-order chi connectivity index (χ0) is 29.1. The van der Waals surface area contributed by atoms with Gasteiger partial charge in [-0.15, -0.1) is 0 Å². The van der Waals surface area contributed by atoms with E-state index in [4.69, 9.17) is 4.74 Å². The van der Waals surface area contributed by atoms with Gasteiger partial charge in [-0.2, -0.15) is 0 Å². The average molecular weight is 580 g/mol. The lowest BCUT2D eigenvalue weighted by molar-refractivity contribution is -0.655. The van der Waals surface area contributed by atoms with Gasteiger partial charge in [0.15, 0.2) is 6.10 Å². The molecule has 1 atom stereocenters. The largest absolute Gasteiger partial charge is 0.484 e. The number of quaternary nitrogens is 2. The van der Waals surface area contributed by atoms with E-state index in [1.165, 1.54) is 30.5 Å².